The first-order chi connectivity index (χ1) is 12.5. The Bertz CT molecular complexity index is 639. The van der Waals surface area contributed by atoms with Crippen molar-refractivity contribution in [3.05, 3.63) is 35.4 Å². The number of benzene rings is 1. The van der Waals surface area contributed by atoms with Crippen LogP contribution < -0.4 is 0 Å². The maximum Gasteiger partial charge on any atom is 0.412 e. The Hall–Kier alpha value is -1.69. The van der Waals surface area contributed by atoms with Crippen LogP contribution in [0.3, 0.4) is 0 Å². The summed E-state index contributed by atoms with van der Waals surface area (Å²) < 4.78 is 38.0. The number of halogens is 2. The Morgan fingerprint density at radius 1 is 1.19 bits per heavy atom. The summed E-state index contributed by atoms with van der Waals surface area (Å²) in [4.78, 5) is 14.4. The van der Waals surface area contributed by atoms with E-state index in [0.29, 0.717) is 12.0 Å². The summed E-state index contributed by atoms with van der Waals surface area (Å²) in [6.45, 7) is 9.62. The molecule has 1 unspecified atom stereocenters. The molecule has 4 nitrogen and oxygen atoms in total. The van der Waals surface area contributed by atoms with Crippen LogP contribution in [0.4, 0.5) is 13.6 Å². The lowest BCUT2D eigenvalue weighted by Crippen LogP contribution is -2.48. The number of hydrogen-bond donors (Lipinski definition) is 0. The average Bonchev–Trinajstić information content (AvgIpc) is 2.95. The van der Waals surface area contributed by atoms with E-state index >= 15 is 0 Å². The molecule has 1 heterocycles. The minimum Gasteiger partial charge on any atom is -0.444 e. The molecule has 152 valence electrons. The van der Waals surface area contributed by atoms with Gasteiger partial charge in [-0.3, -0.25) is 4.90 Å². The second kappa shape index (κ2) is 8.55. The van der Waals surface area contributed by atoms with Crippen LogP contribution in [0.5, 0.6) is 0 Å². The van der Waals surface area contributed by atoms with Crippen molar-refractivity contribution >= 4 is 6.09 Å². The zero-order valence-electron chi connectivity index (χ0n) is 17.1. The molecule has 1 aliphatic heterocycles. The smallest absolute Gasteiger partial charge is 0.412 e. The largest absolute Gasteiger partial charge is 0.444 e. The third-order valence-corrected chi connectivity index (χ3v) is 5.24. The number of carbonyl (C=O) groups excluding carboxylic acids is 1. The van der Waals surface area contributed by atoms with E-state index in [2.05, 4.69) is 6.92 Å². The molecule has 0 radical (unpaired) electrons. The first-order valence-electron chi connectivity index (χ1n) is 9.51. The van der Waals surface area contributed by atoms with Crippen LogP contribution in [0.1, 0.15) is 53.0 Å². The highest BCUT2D eigenvalue weighted by atomic mass is 19.1. The summed E-state index contributed by atoms with van der Waals surface area (Å²) >= 11 is 0. The van der Waals surface area contributed by atoms with Crippen molar-refractivity contribution in [3.8, 4) is 0 Å². The number of amides is 1. The monoisotopic (exact) mass is 383 g/mol. The fraction of sp³-hybridized carbons (Fsp3) is 0.667. The zero-order chi connectivity index (χ0) is 20.4. The van der Waals surface area contributed by atoms with E-state index in [1.807, 2.05) is 27.7 Å². The summed E-state index contributed by atoms with van der Waals surface area (Å²) in [5.74, 6) is -0.901. The SMILES string of the molecule is COC1CC[C@@H]([C@@H](C)[C@@H](C)Cc2cc(F)cc(F)c2)N1C(=O)OC(C)(C)C. The van der Waals surface area contributed by atoms with Gasteiger partial charge in [0.1, 0.15) is 23.5 Å². The topological polar surface area (TPSA) is 38.8 Å². The summed E-state index contributed by atoms with van der Waals surface area (Å²) in [7, 11) is 1.59. The molecule has 1 aromatic carbocycles. The number of rotatable bonds is 5. The molecule has 0 spiro atoms. The van der Waals surface area contributed by atoms with Crippen LogP contribution in [-0.4, -0.2) is 36.0 Å². The van der Waals surface area contributed by atoms with E-state index in [1.54, 1.807) is 12.0 Å². The van der Waals surface area contributed by atoms with Gasteiger partial charge in [-0.2, -0.15) is 0 Å². The van der Waals surface area contributed by atoms with E-state index in [4.69, 9.17) is 9.47 Å². The molecule has 27 heavy (non-hydrogen) atoms. The van der Waals surface area contributed by atoms with Crippen molar-refractivity contribution in [1.29, 1.82) is 0 Å². The highest BCUT2D eigenvalue weighted by molar-refractivity contribution is 5.69. The number of methoxy groups -OCH3 is 1. The lowest BCUT2D eigenvalue weighted by molar-refractivity contribution is -0.0497. The summed E-state index contributed by atoms with van der Waals surface area (Å²) in [5, 5.41) is 0. The van der Waals surface area contributed by atoms with Crippen molar-refractivity contribution in [3.63, 3.8) is 0 Å². The molecule has 4 atom stereocenters. The van der Waals surface area contributed by atoms with Crippen LogP contribution >= 0.6 is 0 Å². The minimum absolute atomic E-state index is 0.0433. The van der Waals surface area contributed by atoms with Gasteiger partial charge in [-0.1, -0.05) is 13.8 Å². The predicted octanol–water partition coefficient (Wildman–Crippen LogP) is 5.15. The highest BCUT2D eigenvalue weighted by Gasteiger charge is 2.43. The number of likely N-dealkylation sites (tertiary alicyclic amines) is 1. The first-order valence-corrected chi connectivity index (χ1v) is 9.51. The van der Waals surface area contributed by atoms with Gasteiger partial charge in [0.15, 0.2) is 0 Å². The van der Waals surface area contributed by atoms with Crippen LogP contribution in [0.25, 0.3) is 0 Å². The zero-order valence-corrected chi connectivity index (χ0v) is 17.1. The van der Waals surface area contributed by atoms with Crippen LogP contribution in [0.2, 0.25) is 0 Å². The predicted molar refractivity (Wildman–Crippen MR) is 100 cm³/mol. The van der Waals surface area contributed by atoms with Gasteiger partial charge >= 0.3 is 6.09 Å². The van der Waals surface area contributed by atoms with E-state index in [0.717, 1.165) is 18.9 Å². The standard InChI is InChI=1S/C21H31F2NO3/c1-13(9-15-10-16(22)12-17(23)11-15)14(2)18-7-8-19(26-6)24(18)20(25)27-21(3,4)5/h10-14,18-19H,7-9H2,1-6H3/t13-,14-,18-,19?/m0/s1. The first kappa shape index (κ1) is 21.6. The third kappa shape index (κ3) is 5.64. The Morgan fingerprint density at radius 3 is 2.30 bits per heavy atom. The van der Waals surface area contributed by atoms with Gasteiger partial charge in [0, 0.05) is 19.2 Å². The molecule has 1 amide bonds. The molecule has 0 bridgehead atoms. The van der Waals surface area contributed by atoms with Crippen molar-refractivity contribution in [1.82, 2.24) is 4.90 Å². The number of nitrogens with zero attached hydrogens (tertiary/aromatic N) is 1. The van der Waals surface area contributed by atoms with Crippen molar-refractivity contribution in [2.24, 2.45) is 11.8 Å². The molecule has 0 aliphatic carbocycles. The van der Waals surface area contributed by atoms with Gasteiger partial charge in [-0.15, -0.1) is 0 Å². The lowest BCUT2D eigenvalue weighted by Gasteiger charge is -2.36. The minimum atomic E-state index is -0.587. The molecule has 2 rings (SSSR count). The van der Waals surface area contributed by atoms with Crippen molar-refractivity contribution in [2.45, 2.75) is 71.8 Å². The molecule has 0 aromatic heterocycles. The maximum absolute atomic E-state index is 13.5. The summed E-state index contributed by atoms with van der Waals surface area (Å²) in [6, 6.07) is 3.56. The molecule has 0 N–H and O–H groups in total. The van der Waals surface area contributed by atoms with Crippen LogP contribution in [0.15, 0.2) is 18.2 Å². The quantitative estimate of drug-likeness (QED) is 0.706. The van der Waals surface area contributed by atoms with Gasteiger partial charge in [-0.05, 0) is 69.6 Å². The Morgan fingerprint density at radius 2 is 1.78 bits per heavy atom. The van der Waals surface area contributed by atoms with E-state index in [9.17, 15) is 13.6 Å². The number of carbonyl (C=O) groups is 1. The molecule has 1 saturated heterocycles. The van der Waals surface area contributed by atoms with E-state index in [-0.39, 0.29) is 30.2 Å². The fourth-order valence-corrected chi connectivity index (χ4v) is 3.79. The van der Waals surface area contributed by atoms with Crippen molar-refractivity contribution < 1.29 is 23.0 Å². The van der Waals surface area contributed by atoms with E-state index in [1.165, 1.54) is 12.1 Å². The van der Waals surface area contributed by atoms with Gasteiger partial charge in [0.25, 0.3) is 0 Å². The normalized spacial score (nSPS) is 22.6. The fourth-order valence-electron chi connectivity index (χ4n) is 3.79. The summed E-state index contributed by atoms with van der Waals surface area (Å²) in [5.41, 5.74) is 0.0353. The van der Waals surface area contributed by atoms with Gasteiger partial charge < -0.3 is 9.47 Å². The van der Waals surface area contributed by atoms with E-state index < -0.39 is 17.2 Å². The molecular weight excluding hydrogens is 352 g/mol. The molecule has 1 fully saturated rings. The van der Waals surface area contributed by atoms with Gasteiger partial charge in [0.2, 0.25) is 0 Å². The third-order valence-electron chi connectivity index (χ3n) is 5.24. The molecule has 0 saturated carbocycles. The van der Waals surface area contributed by atoms with Gasteiger partial charge in [0.05, 0.1) is 0 Å². The Labute approximate surface area is 160 Å². The molecule has 6 heteroatoms. The molecule has 1 aliphatic rings. The lowest BCUT2D eigenvalue weighted by atomic mass is 9.83. The maximum atomic E-state index is 13.5. The Kier molecular flexibility index (Phi) is 6.84. The molecule has 1 aromatic rings. The van der Waals surface area contributed by atoms with Crippen LogP contribution in [0, 0.1) is 23.5 Å². The number of hydrogen-bond acceptors (Lipinski definition) is 3. The molecular formula is C21H31F2NO3. The van der Waals surface area contributed by atoms with Crippen molar-refractivity contribution in [2.75, 3.05) is 7.11 Å². The second-order valence-electron chi connectivity index (χ2n) is 8.54. The highest BCUT2D eigenvalue weighted by Crippen LogP contribution is 2.35. The second-order valence-corrected chi connectivity index (χ2v) is 8.54. The van der Waals surface area contributed by atoms with Crippen LogP contribution in [-0.2, 0) is 15.9 Å². The summed E-state index contributed by atoms with van der Waals surface area (Å²) in [6.07, 6.45) is 1.39. The average molecular weight is 383 g/mol. The Balaban J connectivity index is 2.14. The van der Waals surface area contributed by atoms with Gasteiger partial charge in [-0.25, -0.2) is 13.6 Å². The number of ether oxygens (including phenoxy) is 2.